The van der Waals surface area contributed by atoms with Crippen LogP contribution < -0.4 is 0 Å². The third-order valence-electron chi connectivity index (χ3n) is 1.94. The van der Waals surface area contributed by atoms with Crippen LogP contribution in [0.1, 0.15) is 36.8 Å². The van der Waals surface area contributed by atoms with Crippen LogP contribution in [-0.4, -0.2) is 23.4 Å². The van der Waals surface area contributed by atoms with Gasteiger partial charge in [-0.05, 0) is 25.5 Å². The Balaban J connectivity index is 0.00000106. The van der Waals surface area contributed by atoms with E-state index in [1.807, 2.05) is 20.8 Å². The van der Waals surface area contributed by atoms with Crippen LogP contribution >= 0.6 is 0 Å². The summed E-state index contributed by atoms with van der Waals surface area (Å²) in [5, 5.41) is 0. The summed E-state index contributed by atoms with van der Waals surface area (Å²) >= 11 is 0. The van der Waals surface area contributed by atoms with E-state index in [-0.39, 0.29) is 12.3 Å². The van der Waals surface area contributed by atoms with Crippen molar-refractivity contribution in [2.24, 2.45) is 0 Å². The monoisotopic (exact) mass is 225 g/mol. The maximum Gasteiger partial charge on any atom is 0.354 e. The summed E-state index contributed by atoms with van der Waals surface area (Å²) in [6.07, 6.45) is 1.71. The van der Waals surface area contributed by atoms with Gasteiger partial charge in [0.25, 0.3) is 0 Å². The summed E-state index contributed by atoms with van der Waals surface area (Å²) in [6, 6.07) is 1.79. The zero-order chi connectivity index (χ0) is 12.7. The minimum atomic E-state index is -0.409. The van der Waals surface area contributed by atoms with Crippen LogP contribution in [-0.2, 0) is 16.1 Å². The minimum Gasteiger partial charge on any atom is -0.464 e. The molecule has 0 aromatic carbocycles. The molecule has 90 valence electrons. The van der Waals surface area contributed by atoms with E-state index in [4.69, 9.17) is 0 Å². The lowest BCUT2D eigenvalue weighted by atomic mass is 10.2. The van der Waals surface area contributed by atoms with E-state index in [9.17, 15) is 9.59 Å². The second kappa shape index (κ2) is 6.82. The number of ketones is 1. The second-order valence-electron chi connectivity index (χ2n) is 3.17. The molecule has 0 aliphatic heterocycles. The number of esters is 1. The first-order chi connectivity index (χ1) is 7.56. The van der Waals surface area contributed by atoms with Crippen molar-refractivity contribution in [3.8, 4) is 0 Å². The van der Waals surface area contributed by atoms with Crippen LogP contribution in [0.15, 0.2) is 12.3 Å². The van der Waals surface area contributed by atoms with Crippen molar-refractivity contribution in [2.75, 3.05) is 7.11 Å². The molecule has 0 unspecified atom stereocenters. The van der Waals surface area contributed by atoms with E-state index in [0.29, 0.717) is 5.69 Å². The zero-order valence-electron chi connectivity index (χ0n) is 10.5. The van der Waals surface area contributed by atoms with Gasteiger partial charge in [0.15, 0.2) is 0 Å². The predicted molar refractivity (Wildman–Crippen MR) is 62.5 cm³/mol. The standard InChI is InChI=1S/C10H13NO3.C2H6/c1-7-4-5-11(6-8(2)12)9(7)10(13)14-3;1-2/h4-5H,6H2,1-3H3;1-2H3. The van der Waals surface area contributed by atoms with Crippen LogP contribution in [0.2, 0.25) is 0 Å². The number of rotatable bonds is 3. The van der Waals surface area contributed by atoms with Crippen molar-refractivity contribution in [2.45, 2.75) is 34.2 Å². The molecule has 4 nitrogen and oxygen atoms in total. The number of carbonyl (C=O) groups excluding carboxylic acids is 2. The molecule has 0 saturated heterocycles. The van der Waals surface area contributed by atoms with Gasteiger partial charge in [-0.3, -0.25) is 4.79 Å². The molecule has 0 N–H and O–H groups in total. The average molecular weight is 225 g/mol. The summed E-state index contributed by atoms with van der Waals surface area (Å²) < 4.78 is 6.23. The van der Waals surface area contributed by atoms with Crippen molar-refractivity contribution >= 4 is 11.8 Å². The fraction of sp³-hybridized carbons (Fsp3) is 0.500. The lowest BCUT2D eigenvalue weighted by Gasteiger charge is -2.05. The Labute approximate surface area is 96.2 Å². The first-order valence-electron chi connectivity index (χ1n) is 5.29. The van der Waals surface area contributed by atoms with Gasteiger partial charge < -0.3 is 9.30 Å². The molecule has 0 bridgehead atoms. The third kappa shape index (κ3) is 3.53. The van der Waals surface area contributed by atoms with Crippen LogP contribution in [0.25, 0.3) is 0 Å². The number of aryl methyl sites for hydroxylation is 1. The Morgan fingerprint density at radius 3 is 2.38 bits per heavy atom. The van der Waals surface area contributed by atoms with Crippen molar-refractivity contribution in [1.29, 1.82) is 0 Å². The highest BCUT2D eigenvalue weighted by atomic mass is 16.5. The zero-order valence-corrected chi connectivity index (χ0v) is 10.5. The van der Waals surface area contributed by atoms with E-state index in [1.165, 1.54) is 14.0 Å². The largest absolute Gasteiger partial charge is 0.464 e. The van der Waals surface area contributed by atoms with E-state index in [0.717, 1.165) is 5.56 Å². The van der Waals surface area contributed by atoms with E-state index < -0.39 is 5.97 Å². The molecule has 0 spiro atoms. The van der Waals surface area contributed by atoms with Crippen molar-refractivity contribution < 1.29 is 14.3 Å². The number of ether oxygens (including phenoxy) is 1. The number of hydrogen-bond donors (Lipinski definition) is 0. The molecule has 0 radical (unpaired) electrons. The summed E-state index contributed by atoms with van der Waals surface area (Å²) in [6.45, 7) is 7.50. The van der Waals surface area contributed by atoms with E-state index in [2.05, 4.69) is 4.74 Å². The van der Waals surface area contributed by atoms with E-state index >= 15 is 0 Å². The third-order valence-corrected chi connectivity index (χ3v) is 1.94. The van der Waals surface area contributed by atoms with Gasteiger partial charge in [0.05, 0.1) is 13.7 Å². The molecular formula is C12H19NO3. The van der Waals surface area contributed by atoms with Gasteiger partial charge in [-0.1, -0.05) is 13.8 Å². The fourth-order valence-electron chi connectivity index (χ4n) is 1.33. The molecule has 0 atom stereocenters. The van der Waals surface area contributed by atoms with Gasteiger partial charge in [-0.25, -0.2) is 4.79 Å². The molecule has 1 rings (SSSR count). The molecule has 1 aromatic rings. The van der Waals surface area contributed by atoms with Gasteiger partial charge in [0.2, 0.25) is 0 Å². The summed E-state index contributed by atoms with van der Waals surface area (Å²) in [5.41, 5.74) is 1.26. The molecule has 0 fully saturated rings. The average Bonchev–Trinajstić information content (AvgIpc) is 2.61. The second-order valence-corrected chi connectivity index (χ2v) is 3.17. The molecule has 0 aliphatic rings. The predicted octanol–water partition coefficient (Wildman–Crippen LogP) is 2.20. The van der Waals surface area contributed by atoms with Gasteiger partial charge in [0.1, 0.15) is 11.5 Å². The number of carbonyl (C=O) groups is 2. The Bertz CT molecular complexity index is 366. The number of nitrogens with zero attached hydrogens (tertiary/aromatic N) is 1. The van der Waals surface area contributed by atoms with Gasteiger partial charge in [0, 0.05) is 6.20 Å². The maximum atomic E-state index is 11.3. The maximum absolute atomic E-state index is 11.3. The number of hydrogen-bond acceptors (Lipinski definition) is 3. The first-order valence-corrected chi connectivity index (χ1v) is 5.29. The van der Waals surface area contributed by atoms with Crippen LogP contribution in [0.4, 0.5) is 0 Å². The summed E-state index contributed by atoms with van der Waals surface area (Å²) in [5.74, 6) is -0.403. The molecule has 1 heterocycles. The van der Waals surface area contributed by atoms with E-state index in [1.54, 1.807) is 16.8 Å². The number of methoxy groups -OCH3 is 1. The van der Waals surface area contributed by atoms with Crippen LogP contribution in [0.3, 0.4) is 0 Å². The van der Waals surface area contributed by atoms with Crippen LogP contribution in [0, 0.1) is 6.92 Å². The molecule has 0 aliphatic carbocycles. The van der Waals surface area contributed by atoms with Gasteiger partial charge >= 0.3 is 5.97 Å². The lowest BCUT2D eigenvalue weighted by Crippen LogP contribution is -2.14. The molecule has 1 aromatic heterocycles. The molecular weight excluding hydrogens is 206 g/mol. The number of Topliss-reactive ketones (excluding diaryl/α,β-unsaturated/α-hetero) is 1. The fourth-order valence-corrected chi connectivity index (χ4v) is 1.33. The Kier molecular flexibility index (Phi) is 6.15. The first kappa shape index (κ1) is 14.4. The molecule has 4 heteroatoms. The quantitative estimate of drug-likeness (QED) is 0.741. The Hall–Kier alpha value is -1.58. The highest BCUT2D eigenvalue weighted by Crippen LogP contribution is 2.11. The van der Waals surface area contributed by atoms with Crippen molar-refractivity contribution in [1.82, 2.24) is 4.57 Å². The highest BCUT2D eigenvalue weighted by molar-refractivity contribution is 5.90. The Morgan fingerprint density at radius 1 is 1.38 bits per heavy atom. The molecule has 16 heavy (non-hydrogen) atoms. The van der Waals surface area contributed by atoms with Gasteiger partial charge in [-0.2, -0.15) is 0 Å². The highest BCUT2D eigenvalue weighted by Gasteiger charge is 2.15. The SMILES string of the molecule is CC.COC(=O)c1c(C)ccn1CC(C)=O. The topological polar surface area (TPSA) is 48.3 Å². The summed E-state index contributed by atoms with van der Waals surface area (Å²) in [7, 11) is 1.33. The molecule has 0 saturated carbocycles. The lowest BCUT2D eigenvalue weighted by molar-refractivity contribution is -0.117. The van der Waals surface area contributed by atoms with Crippen molar-refractivity contribution in [3.63, 3.8) is 0 Å². The molecule has 0 amide bonds. The van der Waals surface area contributed by atoms with Crippen molar-refractivity contribution in [3.05, 3.63) is 23.5 Å². The Morgan fingerprint density at radius 2 is 1.94 bits per heavy atom. The smallest absolute Gasteiger partial charge is 0.354 e. The number of aromatic nitrogens is 1. The minimum absolute atomic E-state index is 0.00533. The van der Waals surface area contributed by atoms with Crippen LogP contribution in [0.5, 0.6) is 0 Å². The normalized spacial score (nSPS) is 9.06. The van der Waals surface area contributed by atoms with Gasteiger partial charge in [-0.15, -0.1) is 0 Å². The summed E-state index contributed by atoms with van der Waals surface area (Å²) in [4.78, 5) is 22.3.